The lowest BCUT2D eigenvalue weighted by Gasteiger charge is -2.35. The lowest BCUT2D eigenvalue weighted by Crippen LogP contribution is -2.45. The number of rotatable bonds is 3. The van der Waals surface area contributed by atoms with Crippen LogP contribution in [-0.4, -0.2) is 43.6 Å². The van der Waals surface area contributed by atoms with Crippen molar-refractivity contribution in [1.82, 2.24) is 10.3 Å². The molecule has 5 nitrogen and oxygen atoms in total. The summed E-state index contributed by atoms with van der Waals surface area (Å²) in [6.45, 7) is 11.6. The summed E-state index contributed by atoms with van der Waals surface area (Å²) in [5.41, 5.74) is 2.54. The molecule has 0 radical (unpaired) electrons. The van der Waals surface area contributed by atoms with Gasteiger partial charge in [-0.3, -0.25) is 4.79 Å². The number of carbonyl (C=O) groups excluding carboxylic acids is 1. The molecule has 0 aromatic carbocycles. The van der Waals surface area contributed by atoms with E-state index in [9.17, 15) is 4.79 Å². The van der Waals surface area contributed by atoms with Crippen molar-refractivity contribution in [2.75, 3.05) is 36.5 Å². The minimum absolute atomic E-state index is 0.0438. The van der Waals surface area contributed by atoms with Crippen LogP contribution in [0.4, 0.5) is 11.5 Å². The summed E-state index contributed by atoms with van der Waals surface area (Å²) in [4.78, 5) is 21.8. The van der Waals surface area contributed by atoms with Crippen molar-refractivity contribution in [3.8, 4) is 0 Å². The topological polar surface area (TPSA) is 48.5 Å². The molecule has 0 bridgehead atoms. The van der Waals surface area contributed by atoms with Gasteiger partial charge in [0, 0.05) is 39.1 Å². The molecule has 1 fully saturated rings. The van der Waals surface area contributed by atoms with E-state index < -0.39 is 0 Å². The lowest BCUT2D eigenvalue weighted by atomic mass is 9.91. The number of nitrogens with one attached hydrogen (secondary N) is 1. The molecule has 26 heavy (non-hydrogen) atoms. The number of pyridine rings is 1. The first-order valence-electron chi connectivity index (χ1n) is 9.96. The van der Waals surface area contributed by atoms with Crippen LogP contribution >= 0.6 is 0 Å². The summed E-state index contributed by atoms with van der Waals surface area (Å²) < 4.78 is 0. The van der Waals surface area contributed by atoms with Gasteiger partial charge >= 0.3 is 0 Å². The van der Waals surface area contributed by atoms with Gasteiger partial charge in [0.15, 0.2) is 0 Å². The van der Waals surface area contributed by atoms with Gasteiger partial charge < -0.3 is 15.1 Å². The zero-order chi connectivity index (χ0) is 18.9. The van der Waals surface area contributed by atoms with Gasteiger partial charge in [0.2, 0.25) is 5.91 Å². The molecule has 0 saturated carbocycles. The summed E-state index contributed by atoms with van der Waals surface area (Å²) in [6, 6.07) is 4.68. The molecule has 0 unspecified atom stereocenters. The molecule has 1 aromatic rings. The summed E-state index contributed by atoms with van der Waals surface area (Å²) in [6.07, 6.45) is 3.63. The highest BCUT2D eigenvalue weighted by Crippen LogP contribution is 2.30. The van der Waals surface area contributed by atoms with Crippen LogP contribution in [0, 0.1) is 11.3 Å². The molecule has 3 heterocycles. The minimum Gasteiger partial charge on any atom is -0.373 e. The van der Waals surface area contributed by atoms with Gasteiger partial charge in [-0.05, 0) is 42.7 Å². The highest BCUT2D eigenvalue weighted by Gasteiger charge is 2.25. The first-order valence-corrected chi connectivity index (χ1v) is 9.96. The maximum atomic E-state index is 12.2. The highest BCUT2D eigenvalue weighted by molar-refractivity contribution is 5.76. The molecule has 2 aliphatic rings. The predicted octanol–water partition coefficient (Wildman–Crippen LogP) is 3.23. The number of amides is 1. The Hall–Kier alpha value is -1.78. The Labute approximate surface area is 158 Å². The van der Waals surface area contributed by atoms with E-state index in [4.69, 9.17) is 4.98 Å². The van der Waals surface area contributed by atoms with Crippen molar-refractivity contribution in [3.05, 3.63) is 17.8 Å². The van der Waals surface area contributed by atoms with Crippen LogP contribution in [0.15, 0.2) is 12.1 Å². The first kappa shape index (κ1) is 19.0. The summed E-state index contributed by atoms with van der Waals surface area (Å²) >= 11 is 0. The number of carbonyl (C=O) groups is 1. The molecular formula is C21H34N4O. The van der Waals surface area contributed by atoms with E-state index in [0.29, 0.717) is 18.4 Å². The maximum Gasteiger partial charge on any atom is 0.220 e. The van der Waals surface area contributed by atoms with Gasteiger partial charge in [-0.1, -0.05) is 27.7 Å². The molecule has 1 atom stereocenters. The number of hydrogen-bond donors (Lipinski definition) is 1. The molecular weight excluding hydrogens is 324 g/mol. The molecule has 0 aliphatic carbocycles. The van der Waals surface area contributed by atoms with Crippen molar-refractivity contribution in [2.24, 2.45) is 11.3 Å². The number of hydrogen-bond acceptors (Lipinski definition) is 4. The van der Waals surface area contributed by atoms with Crippen LogP contribution in [-0.2, 0) is 11.2 Å². The van der Waals surface area contributed by atoms with E-state index in [-0.39, 0.29) is 11.3 Å². The van der Waals surface area contributed by atoms with Gasteiger partial charge in [-0.15, -0.1) is 0 Å². The second-order valence-corrected chi connectivity index (χ2v) is 9.39. The van der Waals surface area contributed by atoms with E-state index in [0.717, 1.165) is 44.7 Å². The van der Waals surface area contributed by atoms with Crippen molar-refractivity contribution >= 4 is 17.4 Å². The summed E-state index contributed by atoms with van der Waals surface area (Å²) in [5.74, 6) is 1.92. The lowest BCUT2D eigenvalue weighted by molar-refractivity contribution is -0.123. The number of fused-ring (bicyclic) bond motifs is 1. The zero-order valence-electron chi connectivity index (χ0n) is 17.0. The second kappa shape index (κ2) is 7.45. The van der Waals surface area contributed by atoms with Gasteiger partial charge in [-0.25, -0.2) is 4.98 Å². The molecule has 2 aliphatic heterocycles. The quantitative estimate of drug-likeness (QED) is 0.901. The zero-order valence-corrected chi connectivity index (χ0v) is 17.0. The predicted molar refractivity (Wildman–Crippen MR) is 108 cm³/mol. The molecule has 5 heteroatoms. The third kappa shape index (κ3) is 4.68. The fourth-order valence-electron chi connectivity index (χ4n) is 4.13. The Kier molecular flexibility index (Phi) is 5.44. The van der Waals surface area contributed by atoms with Gasteiger partial charge in [-0.2, -0.15) is 0 Å². The fraction of sp³-hybridized carbons (Fsp3) is 0.714. The Morgan fingerprint density at radius 1 is 1.27 bits per heavy atom. The van der Waals surface area contributed by atoms with Crippen LogP contribution < -0.4 is 15.1 Å². The van der Waals surface area contributed by atoms with E-state index in [2.05, 4.69) is 62.0 Å². The van der Waals surface area contributed by atoms with Gasteiger partial charge in [0.05, 0.1) is 11.4 Å². The molecule has 144 valence electrons. The third-order valence-corrected chi connectivity index (χ3v) is 5.35. The Balaban J connectivity index is 1.57. The van der Waals surface area contributed by atoms with E-state index in [1.807, 2.05) is 0 Å². The largest absolute Gasteiger partial charge is 0.373 e. The highest BCUT2D eigenvalue weighted by atomic mass is 16.1. The molecule has 0 spiro atoms. The fourth-order valence-corrected chi connectivity index (χ4v) is 4.13. The van der Waals surface area contributed by atoms with Crippen LogP contribution in [0.25, 0.3) is 0 Å². The van der Waals surface area contributed by atoms with Gasteiger partial charge in [0.1, 0.15) is 5.82 Å². The normalized spacial score (nSPS) is 21.5. The van der Waals surface area contributed by atoms with Crippen LogP contribution in [0.3, 0.4) is 0 Å². The molecule has 3 rings (SSSR count). The van der Waals surface area contributed by atoms with Gasteiger partial charge in [0.25, 0.3) is 0 Å². The summed E-state index contributed by atoms with van der Waals surface area (Å²) in [7, 11) is 2.15. The smallest absolute Gasteiger partial charge is 0.220 e. The Bertz CT molecular complexity index is 644. The van der Waals surface area contributed by atoms with E-state index in [1.54, 1.807) is 0 Å². The second-order valence-electron chi connectivity index (χ2n) is 9.39. The SMILES string of the molecule is C[C@@H]1Cc2nc(N3CCC(NC(=O)CC(C)(C)C)CC3)ccc2N(C)C1. The number of nitrogens with zero attached hydrogens (tertiary/aromatic N) is 3. The number of anilines is 2. The van der Waals surface area contributed by atoms with Crippen molar-refractivity contribution in [3.63, 3.8) is 0 Å². The molecule has 1 aromatic heterocycles. The number of piperidine rings is 1. The van der Waals surface area contributed by atoms with Crippen molar-refractivity contribution < 1.29 is 4.79 Å². The van der Waals surface area contributed by atoms with Crippen LogP contribution in [0.1, 0.15) is 52.7 Å². The van der Waals surface area contributed by atoms with Crippen LogP contribution in [0.2, 0.25) is 0 Å². The third-order valence-electron chi connectivity index (χ3n) is 5.35. The first-order chi connectivity index (χ1) is 12.2. The average Bonchev–Trinajstić information content (AvgIpc) is 2.53. The van der Waals surface area contributed by atoms with E-state index >= 15 is 0 Å². The average molecular weight is 359 g/mol. The molecule has 1 saturated heterocycles. The molecule has 1 N–H and O–H groups in total. The minimum atomic E-state index is 0.0438. The van der Waals surface area contributed by atoms with Crippen LogP contribution in [0.5, 0.6) is 0 Å². The monoisotopic (exact) mass is 358 g/mol. The Morgan fingerprint density at radius 3 is 2.62 bits per heavy atom. The summed E-state index contributed by atoms with van der Waals surface area (Å²) in [5, 5.41) is 3.22. The van der Waals surface area contributed by atoms with E-state index in [1.165, 1.54) is 11.4 Å². The standard InChI is InChI=1S/C21H34N4O/c1-15-12-17-18(24(5)14-15)6-7-19(23-17)25-10-8-16(9-11-25)22-20(26)13-21(2,3)4/h6-7,15-16H,8-14H2,1-5H3,(H,22,26)/t15-/m1/s1. The molecule has 1 amide bonds. The van der Waals surface area contributed by atoms with Crippen molar-refractivity contribution in [1.29, 1.82) is 0 Å². The Morgan fingerprint density at radius 2 is 1.96 bits per heavy atom. The maximum absolute atomic E-state index is 12.2. The number of aromatic nitrogens is 1. The van der Waals surface area contributed by atoms with Crippen molar-refractivity contribution in [2.45, 2.75) is 59.4 Å².